The monoisotopic (exact) mass is 386 g/mol. The van der Waals surface area contributed by atoms with Crippen LogP contribution in [0.1, 0.15) is 48.2 Å². The van der Waals surface area contributed by atoms with Crippen LogP contribution < -0.4 is 5.32 Å². The fourth-order valence-electron chi connectivity index (χ4n) is 3.52. The van der Waals surface area contributed by atoms with Crippen molar-refractivity contribution in [2.24, 2.45) is 0 Å². The van der Waals surface area contributed by atoms with Crippen LogP contribution in [0, 0.1) is 0 Å². The largest absolute Gasteiger partial charge is 0.322 e. The van der Waals surface area contributed by atoms with Crippen molar-refractivity contribution < 1.29 is 13.2 Å². The zero-order valence-electron chi connectivity index (χ0n) is 15.9. The molecule has 0 saturated heterocycles. The Morgan fingerprint density at radius 2 is 1.70 bits per heavy atom. The van der Waals surface area contributed by atoms with E-state index >= 15 is 0 Å². The molecule has 1 amide bonds. The molecule has 1 N–H and O–H groups in total. The van der Waals surface area contributed by atoms with Crippen LogP contribution in [0.25, 0.3) is 0 Å². The average Bonchev–Trinajstić information content (AvgIpc) is 2.68. The minimum atomic E-state index is -3.55. The first-order valence-electron chi connectivity index (χ1n) is 9.49. The number of benzene rings is 2. The number of aryl methyl sites for hydroxylation is 2. The van der Waals surface area contributed by atoms with Gasteiger partial charge in [0.1, 0.15) is 0 Å². The third-order valence-corrected chi connectivity index (χ3v) is 7.09. The molecular weight excluding hydrogens is 360 g/mol. The highest BCUT2D eigenvalue weighted by molar-refractivity contribution is 7.89. The maximum absolute atomic E-state index is 12.7. The third kappa shape index (κ3) is 4.22. The normalized spacial score (nSPS) is 14.0. The molecule has 5 nitrogen and oxygen atoms in total. The molecule has 144 valence electrons. The van der Waals surface area contributed by atoms with E-state index in [1.807, 2.05) is 32.0 Å². The Morgan fingerprint density at radius 3 is 2.41 bits per heavy atom. The standard InChI is InChI=1S/C21H26N2O3S/c1-3-23(4-2)27(25,26)20-11-7-10-19(15-20)22-21(24)18-13-12-16-8-5-6-9-17(16)14-18/h7,10-15H,3-6,8-9H2,1-2H3,(H,22,24). The number of hydrogen-bond acceptors (Lipinski definition) is 3. The molecule has 2 aromatic carbocycles. The van der Waals surface area contributed by atoms with Crippen LogP contribution in [0.15, 0.2) is 47.4 Å². The number of rotatable bonds is 6. The lowest BCUT2D eigenvalue weighted by atomic mass is 9.90. The maximum atomic E-state index is 12.7. The van der Waals surface area contributed by atoms with Gasteiger partial charge in [-0.15, -0.1) is 0 Å². The molecule has 0 radical (unpaired) electrons. The van der Waals surface area contributed by atoms with Crippen molar-refractivity contribution in [1.82, 2.24) is 4.31 Å². The summed E-state index contributed by atoms with van der Waals surface area (Å²) in [6.07, 6.45) is 4.44. The minimum absolute atomic E-state index is 0.189. The predicted molar refractivity (Wildman–Crippen MR) is 108 cm³/mol. The van der Waals surface area contributed by atoms with E-state index in [0.29, 0.717) is 24.3 Å². The molecule has 0 aliphatic heterocycles. The van der Waals surface area contributed by atoms with E-state index in [-0.39, 0.29) is 10.8 Å². The Labute approximate surface area is 161 Å². The number of carbonyl (C=O) groups is 1. The second-order valence-electron chi connectivity index (χ2n) is 6.76. The summed E-state index contributed by atoms with van der Waals surface area (Å²) in [4.78, 5) is 12.8. The second-order valence-corrected chi connectivity index (χ2v) is 8.70. The molecule has 1 aliphatic carbocycles. The van der Waals surface area contributed by atoms with Gasteiger partial charge in [-0.25, -0.2) is 8.42 Å². The summed E-state index contributed by atoms with van der Waals surface area (Å²) in [6, 6.07) is 12.3. The van der Waals surface area contributed by atoms with E-state index in [1.165, 1.54) is 27.9 Å². The summed E-state index contributed by atoms with van der Waals surface area (Å²) in [5.74, 6) is -0.222. The molecule has 3 rings (SSSR count). The molecular formula is C21H26N2O3S. The van der Waals surface area contributed by atoms with Crippen molar-refractivity contribution in [2.75, 3.05) is 18.4 Å². The summed E-state index contributed by atoms with van der Waals surface area (Å²) < 4.78 is 26.8. The summed E-state index contributed by atoms with van der Waals surface area (Å²) in [5, 5.41) is 2.83. The number of nitrogens with one attached hydrogen (secondary N) is 1. The first kappa shape index (κ1) is 19.6. The van der Waals surface area contributed by atoms with Gasteiger partial charge >= 0.3 is 0 Å². The van der Waals surface area contributed by atoms with E-state index in [0.717, 1.165) is 19.3 Å². The number of fused-ring (bicyclic) bond motifs is 1. The van der Waals surface area contributed by atoms with Crippen LogP contribution in [0.5, 0.6) is 0 Å². The van der Waals surface area contributed by atoms with Crippen molar-refractivity contribution in [2.45, 2.75) is 44.4 Å². The van der Waals surface area contributed by atoms with Crippen molar-refractivity contribution in [3.8, 4) is 0 Å². The molecule has 0 saturated carbocycles. The van der Waals surface area contributed by atoms with E-state index < -0.39 is 10.0 Å². The highest BCUT2D eigenvalue weighted by Crippen LogP contribution is 2.24. The van der Waals surface area contributed by atoms with Gasteiger partial charge in [-0.2, -0.15) is 4.31 Å². The first-order valence-corrected chi connectivity index (χ1v) is 10.9. The van der Waals surface area contributed by atoms with Gasteiger partial charge in [0.05, 0.1) is 4.90 Å². The Kier molecular flexibility index (Phi) is 5.97. The first-order chi connectivity index (χ1) is 13.0. The predicted octanol–water partition coefficient (Wildman–Crippen LogP) is 3.85. The van der Waals surface area contributed by atoms with Crippen LogP contribution in [0.4, 0.5) is 5.69 Å². The number of carbonyl (C=O) groups excluding carboxylic acids is 1. The molecule has 0 fully saturated rings. The molecule has 1 aliphatic rings. The van der Waals surface area contributed by atoms with Crippen molar-refractivity contribution in [1.29, 1.82) is 0 Å². The van der Waals surface area contributed by atoms with Gasteiger partial charge in [-0.1, -0.05) is 26.0 Å². The smallest absolute Gasteiger partial charge is 0.255 e. The van der Waals surface area contributed by atoms with Crippen molar-refractivity contribution in [3.63, 3.8) is 0 Å². The van der Waals surface area contributed by atoms with E-state index in [1.54, 1.807) is 18.2 Å². The summed E-state index contributed by atoms with van der Waals surface area (Å²) in [6.45, 7) is 4.43. The third-order valence-electron chi connectivity index (χ3n) is 5.05. The highest BCUT2D eigenvalue weighted by atomic mass is 32.2. The van der Waals surface area contributed by atoms with Gasteiger partial charge in [-0.3, -0.25) is 4.79 Å². The zero-order valence-corrected chi connectivity index (χ0v) is 16.7. The van der Waals surface area contributed by atoms with Crippen molar-refractivity contribution in [3.05, 3.63) is 59.2 Å². The van der Waals surface area contributed by atoms with Gasteiger partial charge in [0.25, 0.3) is 5.91 Å². The summed E-state index contributed by atoms with van der Waals surface area (Å²) in [7, 11) is -3.55. The Bertz CT molecular complexity index is 934. The fraction of sp³-hybridized carbons (Fsp3) is 0.381. The summed E-state index contributed by atoms with van der Waals surface area (Å²) in [5.41, 5.74) is 3.65. The Hall–Kier alpha value is -2.18. The number of hydrogen-bond donors (Lipinski definition) is 1. The molecule has 6 heteroatoms. The molecule has 0 aromatic heterocycles. The van der Waals surface area contributed by atoms with Crippen molar-refractivity contribution >= 4 is 21.6 Å². The maximum Gasteiger partial charge on any atom is 0.255 e. The molecule has 0 atom stereocenters. The second kappa shape index (κ2) is 8.23. The SMILES string of the molecule is CCN(CC)S(=O)(=O)c1cccc(NC(=O)c2ccc3c(c2)CCCC3)c1. The van der Waals surface area contributed by atoms with Crippen LogP contribution in [0.2, 0.25) is 0 Å². The lowest BCUT2D eigenvalue weighted by molar-refractivity contribution is 0.102. The molecule has 2 aromatic rings. The van der Waals surface area contributed by atoms with Crippen LogP contribution >= 0.6 is 0 Å². The van der Waals surface area contributed by atoms with E-state index in [4.69, 9.17) is 0 Å². The molecule has 0 spiro atoms. The van der Waals surface area contributed by atoms with Crippen LogP contribution in [-0.4, -0.2) is 31.7 Å². The van der Waals surface area contributed by atoms with Gasteiger partial charge in [-0.05, 0) is 67.1 Å². The van der Waals surface area contributed by atoms with Gasteiger partial charge < -0.3 is 5.32 Å². The van der Waals surface area contributed by atoms with E-state index in [2.05, 4.69) is 5.32 Å². The highest BCUT2D eigenvalue weighted by Gasteiger charge is 2.22. The lowest BCUT2D eigenvalue weighted by Crippen LogP contribution is -2.30. The molecule has 27 heavy (non-hydrogen) atoms. The topological polar surface area (TPSA) is 66.5 Å². The molecule has 0 unspecified atom stereocenters. The van der Waals surface area contributed by atoms with Gasteiger partial charge in [0.2, 0.25) is 10.0 Å². The van der Waals surface area contributed by atoms with Crippen LogP contribution in [-0.2, 0) is 22.9 Å². The Morgan fingerprint density at radius 1 is 1.00 bits per heavy atom. The zero-order chi connectivity index (χ0) is 19.4. The fourth-order valence-corrected chi connectivity index (χ4v) is 5.03. The quantitative estimate of drug-likeness (QED) is 0.820. The molecule has 0 heterocycles. The minimum Gasteiger partial charge on any atom is -0.322 e. The number of sulfonamides is 1. The number of amides is 1. The Balaban J connectivity index is 1.81. The number of nitrogens with zero attached hydrogens (tertiary/aromatic N) is 1. The lowest BCUT2D eigenvalue weighted by Gasteiger charge is -2.19. The number of anilines is 1. The van der Waals surface area contributed by atoms with Crippen LogP contribution in [0.3, 0.4) is 0 Å². The van der Waals surface area contributed by atoms with Gasteiger partial charge in [0.15, 0.2) is 0 Å². The molecule has 0 bridgehead atoms. The summed E-state index contributed by atoms with van der Waals surface area (Å²) >= 11 is 0. The van der Waals surface area contributed by atoms with E-state index in [9.17, 15) is 13.2 Å². The average molecular weight is 387 g/mol. The van der Waals surface area contributed by atoms with Gasteiger partial charge in [0, 0.05) is 24.3 Å².